The monoisotopic (exact) mass is 292 g/mol. The number of halogens is 1. The molecular weight excluding hydrogens is 276 g/mol. The van der Waals surface area contributed by atoms with Gasteiger partial charge in [0.1, 0.15) is 0 Å². The third-order valence-corrected chi connectivity index (χ3v) is 5.14. The predicted octanol–water partition coefficient (Wildman–Crippen LogP) is 4.79. The van der Waals surface area contributed by atoms with E-state index in [1.54, 1.807) is 0 Å². The van der Waals surface area contributed by atoms with Crippen LogP contribution in [0.5, 0.6) is 0 Å². The van der Waals surface area contributed by atoms with E-state index in [0.717, 1.165) is 39.6 Å². The summed E-state index contributed by atoms with van der Waals surface area (Å²) in [6.07, 6.45) is 5.68. The van der Waals surface area contributed by atoms with E-state index in [-0.39, 0.29) is 0 Å². The highest BCUT2D eigenvalue weighted by atomic mass is 35.5. The molecule has 2 nitrogen and oxygen atoms in total. The zero-order valence-corrected chi connectivity index (χ0v) is 12.3. The summed E-state index contributed by atoms with van der Waals surface area (Å²) in [7, 11) is 0. The van der Waals surface area contributed by atoms with Crippen LogP contribution in [0.4, 0.5) is 0 Å². The molecule has 100 valence electrons. The van der Waals surface area contributed by atoms with Crippen molar-refractivity contribution in [2.45, 2.75) is 32.2 Å². The quantitative estimate of drug-likeness (QED) is 0.804. The summed E-state index contributed by atoms with van der Waals surface area (Å²) in [5, 5.41) is 0.761. The summed E-state index contributed by atoms with van der Waals surface area (Å²) in [6, 6.07) is 6.00. The molecule has 2 aliphatic rings. The van der Waals surface area contributed by atoms with Crippen molar-refractivity contribution in [1.82, 2.24) is 9.55 Å². The van der Waals surface area contributed by atoms with E-state index in [1.165, 1.54) is 31.2 Å². The molecule has 0 aliphatic heterocycles. The highest BCUT2D eigenvalue weighted by Crippen LogP contribution is 2.50. The zero-order chi connectivity index (χ0) is 13.0. The van der Waals surface area contributed by atoms with Gasteiger partial charge in [0.25, 0.3) is 0 Å². The second kappa shape index (κ2) is 4.35. The third kappa shape index (κ3) is 2.23. The van der Waals surface area contributed by atoms with Crippen molar-refractivity contribution in [2.75, 3.05) is 0 Å². The second-order valence-electron chi connectivity index (χ2n) is 6.04. The molecule has 0 bridgehead atoms. The largest absolute Gasteiger partial charge is 0.331 e. The van der Waals surface area contributed by atoms with Crippen LogP contribution in [0, 0.1) is 22.5 Å². The van der Waals surface area contributed by atoms with Crippen LogP contribution in [0.2, 0.25) is 5.02 Å². The fourth-order valence-electron chi connectivity index (χ4n) is 3.26. The Hall–Kier alpha value is -0.800. The fraction of sp³-hybridized carbons (Fsp3) is 0.533. The summed E-state index contributed by atoms with van der Waals surface area (Å²) < 4.78 is 3.12. The fourth-order valence-corrected chi connectivity index (χ4v) is 3.71. The average Bonchev–Trinajstić information content (AvgIpc) is 3.24. The summed E-state index contributed by atoms with van der Waals surface area (Å²) in [6.45, 7) is 1.08. The number of fused-ring (bicyclic) bond motifs is 1. The molecule has 1 aromatic carbocycles. The summed E-state index contributed by atoms with van der Waals surface area (Å²) in [4.78, 5) is 3.29. The normalized spacial score (nSPS) is 19.5. The number of hydrogen-bond acceptors (Lipinski definition) is 1. The Morgan fingerprint density at radius 1 is 1.26 bits per heavy atom. The Labute approximate surface area is 122 Å². The first-order valence-corrected chi connectivity index (χ1v) is 7.89. The van der Waals surface area contributed by atoms with Crippen molar-refractivity contribution in [3.63, 3.8) is 0 Å². The van der Waals surface area contributed by atoms with Crippen LogP contribution in [-0.2, 0) is 6.54 Å². The summed E-state index contributed by atoms with van der Waals surface area (Å²) in [5.74, 6) is 2.74. The number of benzene rings is 1. The number of nitrogens with one attached hydrogen (secondary N) is 1. The molecule has 2 fully saturated rings. The third-order valence-electron chi connectivity index (χ3n) is 4.58. The maximum absolute atomic E-state index is 6.04. The zero-order valence-electron chi connectivity index (χ0n) is 10.7. The topological polar surface area (TPSA) is 20.7 Å². The lowest BCUT2D eigenvalue weighted by molar-refractivity contribution is 0.351. The van der Waals surface area contributed by atoms with E-state index in [4.69, 9.17) is 23.8 Å². The van der Waals surface area contributed by atoms with Crippen LogP contribution in [0.15, 0.2) is 18.2 Å². The van der Waals surface area contributed by atoms with Crippen LogP contribution in [0.3, 0.4) is 0 Å². The molecule has 2 aliphatic carbocycles. The maximum atomic E-state index is 6.04. The van der Waals surface area contributed by atoms with Crippen LogP contribution in [0.25, 0.3) is 11.0 Å². The van der Waals surface area contributed by atoms with Crippen LogP contribution < -0.4 is 0 Å². The van der Waals surface area contributed by atoms with Crippen LogP contribution >= 0.6 is 23.8 Å². The van der Waals surface area contributed by atoms with Crippen molar-refractivity contribution in [3.05, 3.63) is 28.0 Å². The Bertz CT molecular complexity index is 667. The molecule has 19 heavy (non-hydrogen) atoms. The average molecular weight is 293 g/mol. The predicted molar refractivity (Wildman–Crippen MR) is 81.1 cm³/mol. The van der Waals surface area contributed by atoms with E-state index >= 15 is 0 Å². The summed E-state index contributed by atoms with van der Waals surface area (Å²) >= 11 is 11.5. The molecule has 2 saturated carbocycles. The van der Waals surface area contributed by atoms with Gasteiger partial charge >= 0.3 is 0 Å². The van der Waals surface area contributed by atoms with Crippen molar-refractivity contribution < 1.29 is 0 Å². The maximum Gasteiger partial charge on any atom is 0.178 e. The van der Waals surface area contributed by atoms with E-state index in [0.29, 0.717) is 0 Å². The highest BCUT2D eigenvalue weighted by molar-refractivity contribution is 7.71. The van der Waals surface area contributed by atoms with Gasteiger partial charge in [-0.05, 0) is 73.9 Å². The minimum absolute atomic E-state index is 0.761. The van der Waals surface area contributed by atoms with Crippen molar-refractivity contribution in [2.24, 2.45) is 17.8 Å². The molecule has 1 aromatic heterocycles. The lowest BCUT2D eigenvalue weighted by Gasteiger charge is -2.16. The number of aromatic amines is 1. The number of hydrogen-bond donors (Lipinski definition) is 1. The molecular formula is C15H17ClN2S. The first kappa shape index (κ1) is 12.0. The van der Waals surface area contributed by atoms with Crippen LogP contribution in [0.1, 0.15) is 25.7 Å². The van der Waals surface area contributed by atoms with E-state index in [2.05, 4.69) is 15.6 Å². The van der Waals surface area contributed by atoms with E-state index in [1.807, 2.05) is 12.1 Å². The highest BCUT2D eigenvalue weighted by Gasteiger charge is 2.41. The Balaban J connectivity index is 1.73. The lowest BCUT2D eigenvalue weighted by Crippen LogP contribution is -2.15. The van der Waals surface area contributed by atoms with Crippen molar-refractivity contribution in [3.8, 4) is 0 Å². The van der Waals surface area contributed by atoms with Gasteiger partial charge in [0.2, 0.25) is 0 Å². The SMILES string of the molecule is S=c1[nH]c2cc(Cl)ccc2n1CC(C1CC1)C1CC1. The van der Waals surface area contributed by atoms with Gasteiger partial charge in [-0.1, -0.05) is 11.6 Å². The number of H-pyrrole nitrogens is 1. The number of rotatable bonds is 4. The Morgan fingerprint density at radius 2 is 1.95 bits per heavy atom. The minimum atomic E-state index is 0.761. The molecule has 1 N–H and O–H groups in total. The lowest BCUT2D eigenvalue weighted by atomic mass is 9.98. The van der Waals surface area contributed by atoms with E-state index < -0.39 is 0 Å². The molecule has 4 rings (SSSR count). The van der Waals surface area contributed by atoms with Gasteiger partial charge in [-0.3, -0.25) is 0 Å². The van der Waals surface area contributed by atoms with Gasteiger partial charge in [-0.15, -0.1) is 0 Å². The molecule has 0 atom stereocenters. The van der Waals surface area contributed by atoms with Gasteiger partial charge in [-0.2, -0.15) is 0 Å². The molecule has 0 amide bonds. The number of imidazole rings is 1. The molecule has 4 heteroatoms. The minimum Gasteiger partial charge on any atom is -0.331 e. The first-order chi connectivity index (χ1) is 9.22. The van der Waals surface area contributed by atoms with Gasteiger partial charge in [0.15, 0.2) is 4.77 Å². The van der Waals surface area contributed by atoms with Crippen molar-refractivity contribution in [1.29, 1.82) is 0 Å². The standard InChI is InChI=1S/C15H17ClN2S/c16-11-5-6-14-13(7-11)17-15(19)18(14)8-12(9-1-2-9)10-3-4-10/h5-7,9-10,12H,1-4,8H2,(H,17,19). The van der Waals surface area contributed by atoms with Gasteiger partial charge in [0, 0.05) is 11.6 Å². The molecule has 0 spiro atoms. The molecule has 0 saturated heterocycles. The van der Waals surface area contributed by atoms with Crippen LogP contribution in [-0.4, -0.2) is 9.55 Å². The van der Waals surface area contributed by atoms with Gasteiger partial charge < -0.3 is 9.55 Å². The van der Waals surface area contributed by atoms with Crippen molar-refractivity contribution >= 4 is 34.9 Å². The van der Waals surface area contributed by atoms with Gasteiger partial charge in [0.05, 0.1) is 11.0 Å². The Morgan fingerprint density at radius 3 is 2.58 bits per heavy atom. The number of nitrogens with zero attached hydrogens (tertiary/aromatic N) is 1. The molecule has 2 aromatic rings. The summed E-state index contributed by atoms with van der Waals surface area (Å²) in [5.41, 5.74) is 2.25. The second-order valence-corrected chi connectivity index (χ2v) is 6.86. The Kier molecular flexibility index (Phi) is 2.75. The number of aromatic nitrogens is 2. The first-order valence-electron chi connectivity index (χ1n) is 7.10. The van der Waals surface area contributed by atoms with Gasteiger partial charge in [-0.25, -0.2) is 0 Å². The molecule has 0 unspecified atom stereocenters. The molecule has 0 radical (unpaired) electrons. The smallest absolute Gasteiger partial charge is 0.178 e. The molecule has 1 heterocycles. The van der Waals surface area contributed by atoms with E-state index in [9.17, 15) is 0 Å².